The van der Waals surface area contributed by atoms with Crippen LogP contribution in [0.4, 0.5) is 0 Å². The summed E-state index contributed by atoms with van der Waals surface area (Å²) in [6.07, 6.45) is 20.3. The number of hydrogen-bond donors (Lipinski definition) is 1. The number of benzene rings is 3. The largest absolute Gasteiger partial charge is 0.456 e. The van der Waals surface area contributed by atoms with Crippen molar-refractivity contribution >= 4 is 34.5 Å². The molecule has 1 unspecified atom stereocenters. The highest BCUT2D eigenvalue weighted by Gasteiger charge is 2.39. The number of nitrogens with two attached hydrogens (primary N) is 1. The molecule has 0 saturated heterocycles. The van der Waals surface area contributed by atoms with Gasteiger partial charge in [-0.1, -0.05) is 118 Å². The third-order valence-corrected chi connectivity index (χ3v) is 8.20. The third kappa shape index (κ3) is 5.22. The van der Waals surface area contributed by atoms with Crippen LogP contribution in [0, 0.1) is 0 Å². The summed E-state index contributed by atoms with van der Waals surface area (Å²) in [5, 5.41) is 1.89. The number of ketones is 2. The van der Waals surface area contributed by atoms with Crippen LogP contribution in [0.2, 0.25) is 0 Å². The predicted octanol–water partition coefficient (Wildman–Crippen LogP) is 8.79. The zero-order valence-electron chi connectivity index (χ0n) is 24.3. The lowest BCUT2D eigenvalue weighted by molar-refractivity contribution is 0.0990. The molecule has 1 aromatic heterocycles. The van der Waals surface area contributed by atoms with Gasteiger partial charge in [0.25, 0.3) is 0 Å². The highest BCUT2D eigenvalue weighted by atomic mass is 16.3. The standard InChI is InChI=1S/C33H24O3.C6H9N/c1-4-5-6-7-10-20-13-14-24-28(15-20)33(2,3)29-19-23(36-32(24)29)18-27-30(34)25-16-21-11-8-9-12-22(21)17-26(25)31(27)35;7-6-4-2-1-3-5-6/h4-19H,1H2,2-3H3;1-4,6H,5,7H2/b6-5-,10-7-;. The van der Waals surface area contributed by atoms with Crippen LogP contribution in [-0.2, 0) is 5.41 Å². The van der Waals surface area contributed by atoms with Crippen LogP contribution in [0.1, 0.15) is 63.4 Å². The number of allylic oxidation sites excluding steroid dienone is 7. The van der Waals surface area contributed by atoms with E-state index in [1.54, 1.807) is 12.2 Å². The van der Waals surface area contributed by atoms with Crippen LogP contribution in [0.15, 0.2) is 126 Å². The molecule has 0 fully saturated rings. The molecule has 3 aromatic carbocycles. The van der Waals surface area contributed by atoms with Crippen LogP contribution >= 0.6 is 0 Å². The van der Waals surface area contributed by atoms with E-state index in [4.69, 9.17) is 10.2 Å². The van der Waals surface area contributed by atoms with Crippen LogP contribution in [0.5, 0.6) is 0 Å². The van der Waals surface area contributed by atoms with Gasteiger partial charge in [-0.15, -0.1) is 0 Å². The van der Waals surface area contributed by atoms with Crippen molar-refractivity contribution in [3.8, 4) is 11.3 Å². The normalized spacial score (nSPS) is 17.7. The number of carbonyl (C=O) groups is 2. The molecule has 4 nitrogen and oxygen atoms in total. The Balaban J connectivity index is 0.000000415. The lowest BCUT2D eigenvalue weighted by Crippen LogP contribution is -2.16. The summed E-state index contributed by atoms with van der Waals surface area (Å²) in [5.41, 5.74) is 10.7. The molecule has 4 aromatic rings. The van der Waals surface area contributed by atoms with Crippen molar-refractivity contribution in [3.63, 3.8) is 0 Å². The Morgan fingerprint density at radius 1 is 0.860 bits per heavy atom. The molecule has 0 amide bonds. The minimum Gasteiger partial charge on any atom is -0.456 e. The fraction of sp³-hybridized carbons (Fsp3) is 0.128. The van der Waals surface area contributed by atoms with Crippen LogP contribution in [-0.4, -0.2) is 17.6 Å². The predicted molar refractivity (Wildman–Crippen MR) is 176 cm³/mol. The van der Waals surface area contributed by atoms with E-state index in [-0.39, 0.29) is 28.6 Å². The fourth-order valence-electron chi connectivity index (χ4n) is 5.86. The number of fused-ring (bicyclic) bond motifs is 5. The summed E-state index contributed by atoms with van der Waals surface area (Å²) in [7, 11) is 0. The SMILES string of the molecule is C=C/C=C\C=C/c1ccc2c(c1)C(C)(C)c1cc(C=C3C(=O)c4cc5ccccc5cc4C3=O)oc1-2.NC1C=CC=CC1. The van der Waals surface area contributed by atoms with E-state index in [9.17, 15) is 9.59 Å². The molecule has 0 radical (unpaired) electrons. The molecule has 3 aliphatic rings. The summed E-state index contributed by atoms with van der Waals surface area (Å²) in [6, 6.07) is 19.9. The van der Waals surface area contributed by atoms with Gasteiger partial charge in [0.05, 0.1) is 5.57 Å². The fourth-order valence-corrected chi connectivity index (χ4v) is 5.86. The number of rotatable bonds is 4. The molecular weight excluding hydrogens is 530 g/mol. The third-order valence-electron chi connectivity index (χ3n) is 8.20. The molecule has 0 aliphatic heterocycles. The zero-order chi connectivity index (χ0) is 30.1. The topological polar surface area (TPSA) is 73.3 Å². The van der Waals surface area contributed by atoms with Gasteiger partial charge < -0.3 is 10.2 Å². The van der Waals surface area contributed by atoms with E-state index >= 15 is 0 Å². The second-order valence-corrected chi connectivity index (χ2v) is 11.5. The molecule has 0 bridgehead atoms. The van der Waals surface area contributed by atoms with Gasteiger partial charge in [-0.25, -0.2) is 0 Å². The van der Waals surface area contributed by atoms with E-state index in [1.807, 2.05) is 78.9 Å². The van der Waals surface area contributed by atoms with Gasteiger partial charge in [0.2, 0.25) is 0 Å². The van der Waals surface area contributed by atoms with E-state index in [0.29, 0.717) is 16.9 Å². The van der Waals surface area contributed by atoms with Crippen LogP contribution in [0.3, 0.4) is 0 Å². The summed E-state index contributed by atoms with van der Waals surface area (Å²) >= 11 is 0. The second kappa shape index (κ2) is 11.3. The van der Waals surface area contributed by atoms with Crippen LogP contribution < -0.4 is 5.73 Å². The van der Waals surface area contributed by atoms with Crippen molar-refractivity contribution < 1.29 is 14.0 Å². The van der Waals surface area contributed by atoms with E-state index < -0.39 is 0 Å². The molecule has 1 heterocycles. The van der Waals surface area contributed by atoms with E-state index in [1.165, 1.54) is 5.56 Å². The second-order valence-electron chi connectivity index (χ2n) is 11.5. The Morgan fingerprint density at radius 3 is 2.19 bits per heavy atom. The van der Waals surface area contributed by atoms with Gasteiger partial charge in [-0.05, 0) is 52.6 Å². The van der Waals surface area contributed by atoms with Gasteiger partial charge in [0, 0.05) is 33.7 Å². The number of Topliss-reactive ketones (excluding diaryl/α,β-unsaturated/α-hetero) is 2. The molecule has 4 heteroatoms. The quantitative estimate of drug-likeness (QED) is 0.153. The Morgan fingerprint density at radius 2 is 1.58 bits per heavy atom. The molecule has 43 heavy (non-hydrogen) atoms. The van der Waals surface area contributed by atoms with E-state index in [0.717, 1.165) is 39.6 Å². The molecular formula is C39H33NO3. The van der Waals surface area contributed by atoms with Crippen molar-refractivity contribution in [1.82, 2.24) is 0 Å². The maximum absolute atomic E-state index is 13.2. The Hall–Kier alpha value is -5.06. The highest BCUT2D eigenvalue weighted by Crippen LogP contribution is 2.50. The maximum Gasteiger partial charge on any atom is 0.197 e. The zero-order valence-corrected chi connectivity index (χ0v) is 24.3. The maximum atomic E-state index is 13.2. The lowest BCUT2D eigenvalue weighted by Gasteiger charge is -2.20. The van der Waals surface area contributed by atoms with Crippen molar-refractivity contribution in [1.29, 1.82) is 0 Å². The molecule has 3 aliphatic carbocycles. The van der Waals surface area contributed by atoms with Gasteiger partial charge >= 0.3 is 0 Å². The van der Waals surface area contributed by atoms with Crippen molar-refractivity contribution in [2.75, 3.05) is 0 Å². The highest BCUT2D eigenvalue weighted by molar-refractivity contribution is 6.42. The molecule has 212 valence electrons. The van der Waals surface area contributed by atoms with Crippen LogP contribution in [0.25, 0.3) is 34.2 Å². The summed E-state index contributed by atoms with van der Waals surface area (Å²) in [5.74, 6) is 0.814. The van der Waals surface area contributed by atoms with Crippen molar-refractivity contribution in [2.45, 2.75) is 31.7 Å². The first-order valence-corrected chi connectivity index (χ1v) is 14.5. The van der Waals surface area contributed by atoms with Crippen molar-refractivity contribution in [3.05, 3.63) is 155 Å². The summed E-state index contributed by atoms with van der Waals surface area (Å²) in [4.78, 5) is 26.3. The Kier molecular flexibility index (Phi) is 7.39. The number of hydrogen-bond acceptors (Lipinski definition) is 4. The summed E-state index contributed by atoms with van der Waals surface area (Å²) in [6.45, 7) is 8.02. The Labute approximate surface area is 251 Å². The molecule has 0 saturated carbocycles. The van der Waals surface area contributed by atoms with Gasteiger partial charge in [-0.2, -0.15) is 0 Å². The lowest BCUT2D eigenvalue weighted by atomic mass is 9.82. The molecule has 2 N–H and O–H groups in total. The number of carbonyl (C=O) groups excluding carboxylic acids is 2. The molecule has 1 atom stereocenters. The first kappa shape index (κ1) is 28.1. The average molecular weight is 564 g/mol. The molecule has 7 rings (SSSR count). The smallest absolute Gasteiger partial charge is 0.197 e. The van der Waals surface area contributed by atoms with Crippen molar-refractivity contribution in [2.24, 2.45) is 5.73 Å². The van der Waals surface area contributed by atoms with Gasteiger partial charge in [0.1, 0.15) is 11.5 Å². The minimum atomic E-state index is -0.268. The number of furan rings is 1. The van der Waals surface area contributed by atoms with E-state index in [2.05, 4.69) is 50.8 Å². The van der Waals surface area contributed by atoms with Gasteiger partial charge in [-0.3, -0.25) is 9.59 Å². The molecule has 0 spiro atoms. The minimum absolute atomic E-state index is 0.152. The average Bonchev–Trinajstić information content (AvgIpc) is 3.60. The first-order chi connectivity index (χ1) is 20.8. The first-order valence-electron chi connectivity index (χ1n) is 14.5. The summed E-state index contributed by atoms with van der Waals surface area (Å²) < 4.78 is 6.25. The van der Waals surface area contributed by atoms with Gasteiger partial charge in [0.15, 0.2) is 11.6 Å². The monoisotopic (exact) mass is 563 g/mol. The Bertz CT molecular complexity index is 1880.